The maximum Gasteiger partial charge on any atom is 0.118 e. The lowest BCUT2D eigenvalue weighted by Crippen LogP contribution is -2.00. The minimum atomic E-state index is 0.778. The highest BCUT2D eigenvalue weighted by Gasteiger charge is 2.55. The third-order valence-corrected chi connectivity index (χ3v) is 4.66. The van der Waals surface area contributed by atoms with Crippen molar-refractivity contribution in [2.24, 2.45) is 11.3 Å². The molecule has 1 aromatic carbocycles. The van der Waals surface area contributed by atoms with Crippen LogP contribution in [0.2, 0.25) is 0 Å². The molecule has 0 amide bonds. The second kappa shape index (κ2) is 3.80. The highest BCUT2D eigenvalue weighted by molar-refractivity contribution is 5.27. The van der Waals surface area contributed by atoms with Crippen LogP contribution >= 0.6 is 0 Å². The Kier molecular flexibility index (Phi) is 2.42. The molecule has 0 saturated heterocycles. The van der Waals surface area contributed by atoms with Crippen LogP contribution < -0.4 is 4.74 Å². The second-order valence-corrected chi connectivity index (χ2v) is 5.50. The molecule has 2 fully saturated rings. The molecule has 0 spiro atoms. The SMILES string of the molecule is COc1ccc(CC[C@@]23CCC[C@@H]2C3)cc1. The van der Waals surface area contributed by atoms with Crippen molar-refractivity contribution in [3.05, 3.63) is 29.8 Å². The minimum Gasteiger partial charge on any atom is -0.497 e. The molecule has 0 unspecified atom stereocenters. The van der Waals surface area contributed by atoms with E-state index in [0.29, 0.717) is 0 Å². The van der Waals surface area contributed by atoms with Crippen molar-refractivity contribution in [2.75, 3.05) is 7.11 Å². The molecule has 3 rings (SSSR count). The molecule has 2 aliphatic rings. The van der Waals surface area contributed by atoms with E-state index in [2.05, 4.69) is 24.3 Å². The van der Waals surface area contributed by atoms with E-state index in [1.54, 1.807) is 7.11 Å². The number of benzene rings is 1. The number of aryl methyl sites for hydroxylation is 1. The number of methoxy groups -OCH3 is 1. The van der Waals surface area contributed by atoms with Gasteiger partial charge in [0.05, 0.1) is 7.11 Å². The summed E-state index contributed by atoms with van der Waals surface area (Å²) in [5.74, 6) is 2.05. The van der Waals surface area contributed by atoms with Crippen LogP contribution in [0.4, 0.5) is 0 Å². The van der Waals surface area contributed by atoms with Crippen LogP contribution in [0.5, 0.6) is 5.75 Å². The van der Waals surface area contributed by atoms with E-state index in [4.69, 9.17) is 4.74 Å². The van der Waals surface area contributed by atoms with Crippen LogP contribution in [0, 0.1) is 11.3 Å². The molecule has 86 valence electrons. The summed E-state index contributed by atoms with van der Waals surface area (Å²) in [5.41, 5.74) is 2.24. The minimum absolute atomic E-state index is 0.778. The molecule has 1 heteroatoms. The standard InChI is InChI=1S/C15H20O/c1-16-14-6-4-12(5-7-14)8-10-15-9-2-3-13(15)11-15/h4-7,13H,2-3,8-11H2,1H3/t13-,15-/m1/s1. The zero-order chi connectivity index (χ0) is 11.0. The lowest BCUT2D eigenvalue weighted by Gasteiger charge is -2.11. The van der Waals surface area contributed by atoms with Crippen LogP contribution in [0.3, 0.4) is 0 Å². The molecule has 1 aromatic rings. The maximum atomic E-state index is 5.18. The Morgan fingerprint density at radius 2 is 2.12 bits per heavy atom. The number of hydrogen-bond acceptors (Lipinski definition) is 1. The van der Waals surface area contributed by atoms with E-state index in [0.717, 1.165) is 17.1 Å². The normalized spacial score (nSPS) is 31.2. The van der Waals surface area contributed by atoms with Crippen LogP contribution in [0.1, 0.15) is 37.7 Å². The first-order valence-electron chi connectivity index (χ1n) is 6.45. The first-order chi connectivity index (χ1) is 7.82. The molecular formula is C15H20O. The van der Waals surface area contributed by atoms with E-state index in [1.807, 2.05) is 0 Å². The van der Waals surface area contributed by atoms with Gasteiger partial charge in [0, 0.05) is 0 Å². The lowest BCUT2D eigenvalue weighted by atomic mass is 9.94. The fraction of sp³-hybridized carbons (Fsp3) is 0.600. The Morgan fingerprint density at radius 3 is 2.69 bits per heavy atom. The molecule has 2 atom stereocenters. The largest absolute Gasteiger partial charge is 0.497 e. The molecule has 0 bridgehead atoms. The Labute approximate surface area is 97.8 Å². The zero-order valence-corrected chi connectivity index (χ0v) is 10.0. The van der Waals surface area contributed by atoms with Crippen LogP contribution in [-0.4, -0.2) is 7.11 Å². The Morgan fingerprint density at radius 1 is 1.31 bits per heavy atom. The fourth-order valence-corrected chi connectivity index (χ4v) is 3.46. The van der Waals surface area contributed by atoms with Gasteiger partial charge >= 0.3 is 0 Å². The van der Waals surface area contributed by atoms with Gasteiger partial charge in [-0.25, -0.2) is 0 Å². The van der Waals surface area contributed by atoms with Crippen molar-refractivity contribution in [1.82, 2.24) is 0 Å². The van der Waals surface area contributed by atoms with Crippen molar-refractivity contribution >= 4 is 0 Å². The van der Waals surface area contributed by atoms with E-state index >= 15 is 0 Å². The third-order valence-electron chi connectivity index (χ3n) is 4.66. The zero-order valence-electron chi connectivity index (χ0n) is 10.0. The fourth-order valence-electron chi connectivity index (χ4n) is 3.46. The van der Waals surface area contributed by atoms with Gasteiger partial charge in [0.1, 0.15) is 5.75 Å². The predicted octanol–water partition coefficient (Wildman–Crippen LogP) is 3.82. The summed E-state index contributed by atoms with van der Waals surface area (Å²) in [4.78, 5) is 0. The second-order valence-electron chi connectivity index (χ2n) is 5.50. The van der Waals surface area contributed by atoms with Crippen molar-refractivity contribution in [3.8, 4) is 5.75 Å². The van der Waals surface area contributed by atoms with E-state index < -0.39 is 0 Å². The summed E-state index contributed by atoms with van der Waals surface area (Å²) in [6.45, 7) is 0. The Balaban J connectivity index is 1.58. The molecular weight excluding hydrogens is 196 g/mol. The van der Waals surface area contributed by atoms with Gasteiger partial charge in [-0.15, -0.1) is 0 Å². The summed E-state index contributed by atoms with van der Waals surface area (Å²) in [5, 5.41) is 0. The molecule has 0 heterocycles. The number of fused-ring (bicyclic) bond motifs is 1. The first-order valence-corrected chi connectivity index (χ1v) is 6.45. The average molecular weight is 216 g/mol. The maximum absolute atomic E-state index is 5.18. The van der Waals surface area contributed by atoms with Gasteiger partial charge in [0.15, 0.2) is 0 Å². The smallest absolute Gasteiger partial charge is 0.118 e. The highest BCUT2D eigenvalue weighted by atomic mass is 16.5. The molecule has 0 aliphatic heterocycles. The summed E-state index contributed by atoms with van der Waals surface area (Å²) in [6, 6.07) is 8.57. The quantitative estimate of drug-likeness (QED) is 0.743. The Hall–Kier alpha value is -0.980. The summed E-state index contributed by atoms with van der Waals surface area (Å²) in [6.07, 6.45) is 8.65. The monoisotopic (exact) mass is 216 g/mol. The van der Waals surface area contributed by atoms with Crippen molar-refractivity contribution < 1.29 is 4.74 Å². The van der Waals surface area contributed by atoms with Gasteiger partial charge in [-0.1, -0.05) is 18.6 Å². The van der Waals surface area contributed by atoms with Gasteiger partial charge in [0.2, 0.25) is 0 Å². The van der Waals surface area contributed by atoms with Gasteiger partial charge in [0.25, 0.3) is 0 Å². The van der Waals surface area contributed by atoms with Crippen LogP contribution in [0.25, 0.3) is 0 Å². The number of hydrogen-bond donors (Lipinski definition) is 0. The van der Waals surface area contributed by atoms with Gasteiger partial charge in [-0.05, 0) is 61.1 Å². The molecule has 0 N–H and O–H groups in total. The topological polar surface area (TPSA) is 9.23 Å². The van der Waals surface area contributed by atoms with Gasteiger partial charge in [-0.2, -0.15) is 0 Å². The third kappa shape index (κ3) is 1.73. The summed E-state index contributed by atoms with van der Waals surface area (Å²) < 4.78 is 5.18. The molecule has 2 saturated carbocycles. The average Bonchev–Trinajstić information content (AvgIpc) is 2.89. The van der Waals surface area contributed by atoms with E-state index in [1.165, 1.54) is 44.1 Å². The Bertz CT molecular complexity index is 368. The molecule has 0 radical (unpaired) electrons. The number of ether oxygens (including phenoxy) is 1. The number of rotatable bonds is 4. The first kappa shape index (κ1) is 10.2. The van der Waals surface area contributed by atoms with Gasteiger partial charge in [-0.3, -0.25) is 0 Å². The van der Waals surface area contributed by atoms with Crippen molar-refractivity contribution in [1.29, 1.82) is 0 Å². The molecule has 16 heavy (non-hydrogen) atoms. The summed E-state index contributed by atoms with van der Waals surface area (Å²) in [7, 11) is 1.72. The lowest BCUT2D eigenvalue weighted by molar-refractivity contribution is 0.414. The van der Waals surface area contributed by atoms with E-state index in [-0.39, 0.29) is 0 Å². The molecule has 1 nitrogen and oxygen atoms in total. The van der Waals surface area contributed by atoms with Crippen LogP contribution in [0.15, 0.2) is 24.3 Å². The summed E-state index contributed by atoms with van der Waals surface area (Å²) >= 11 is 0. The van der Waals surface area contributed by atoms with Crippen LogP contribution in [-0.2, 0) is 6.42 Å². The highest BCUT2D eigenvalue weighted by Crippen LogP contribution is 2.65. The van der Waals surface area contributed by atoms with Crippen molar-refractivity contribution in [2.45, 2.75) is 38.5 Å². The molecule has 2 aliphatic carbocycles. The van der Waals surface area contributed by atoms with Crippen molar-refractivity contribution in [3.63, 3.8) is 0 Å². The van der Waals surface area contributed by atoms with Gasteiger partial charge < -0.3 is 4.74 Å². The predicted molar refractivity (Wildman–Crippen MR) is 65.7 cm³/mol. The molecule has 0 aromatic heterocycles. The van der Waals surface area contributed by atoms with E-state index in [9.17, 15) is 0 Å².